The summed E-state index contributed by atoms with van der Waals surface area (Å²) in [6, 6.07) is 56.8. The molecule has 0 unspecified atom stereocenters. The monoisotopic (exact) mass is 906 g/mol. The lowest BCUT2D eigenvalue weighted by Gasteiger charge is -2.28. The zero-order valence-electron chi connectivity index (χ0n) is 39.9. The van der Waals surface area contributed by atoms with Crippen molar-refractivity contribution in [3.63, 3.8) is 0 Å². The van der Waals surface area contributed by atoms with E-state index in [1.54, 1.807) is 0 Å². The van der Waals surface area contributed by atoms with Crippen molar-refractivity contribution in [2.24, 2.45) is 0 Å². The number of anilines is 4. The maximum Gasteiger partial charge on any atom is 0.137 e. The van der Waals surface area contributed by atoms with E-state index in [0.717, 1.165) is 95.4 Å². The number of para-hydroxylation sites is 4. The summed E-state index contributed by atoms with van der Waals surface area (Å²) >= 11 is 0. The van der Waals surface area contributed by atoms with Gasteiger partial charge in [0.2, 0.25) is 0 Å². The van der Waals surface area contributed by atoms with Gasteiger partial charge in [-0.3, -0.25) is 4.57 Å². The van der Waals surface area contributed by atoms with Crippen LogP contribution in [0.1, 0.15) is 48.6 Å². The van der Waals surface area contributed by atoms with E-state index in [1.165, 1.54) is 28.8 Å². The highest BCUT2D eigenvalue weighted by molar-refractivity contribution is 6.09. The van der Waals surface area contributed by atoms with E-state index in [1.807, 2.05) is 24.4 Å². The predicted octanol–water partition coefficient (Wildman–Crippen LogP) is 17.0. The molecule has 0 bridgehead atoms. The van der Waals surface area contributed by atoms with Crippen LogP contribution in [0.25, 0.3) is 61.0 Å². The van der Waals surface area contributed by atoms with Crippen molar-refractivity contribution in [3.05, 3.63) is 216 Å². The minimum atomic E-state index is -0.626. The van der Waals surface area contributed by atoms with Gasteiger partial charge in [-0.15, -0.1) is 0 Å². The summed E-state index contributed by atoms with van der Waals surface area (Å²) in [5.41, 5.74) is 16.8. The van der Waals surface area contributed by atoms with Crippen molar-refractivity contribution in [1.82, 2.24) is 9.55 Å². The van der Waals surface area contributed by atoms with Crippen molar-refractivity contribution in [2.75, 3.05) is 16.5 Å². The van der Waals surface area contributed by atoms with Crippen LogP contribution in [0.3, 0.4) is 0 Å². The number of ether oxygens (including phenoxy) is 1. The third kappa shape index (κ3) is 8.18. The van der Waals surface area contributed by atoms with Crippen molar-refractivity contribution in [1.29, 1.82) is 0 Å². The Bertz CT molecular complexity index is 3530. The Hall–Kier alpha value is -8.03. The molecule has 1 aliphatic rings. The molecule has 0 N–H and O–H groups in total. The largest absolute Gasteiger partial charge is 0.457 e. The van der Waals surface area contributed by atoms with Crippen molar-refractivity contribution >= 4 is 44.6 Å². The molecule has 0 aliphatic carbocycles. The number of rotatable bonds is 8. The molecule has 11 rings (SSSR count). The summed E-state index contributed by atoms with van der Waals surface area (Å²) < 4.78 is 39.5. The highest BCUT2D eigenvalue weighted by atomic mass is 19.1. The van der Waals surface area contributed by atoms with Crippen LogP contribution >= 0.6 is 0 Å². The standard InChI is InChI=1S/C62H52F2N4O/c1-38-23-39(2)26-42(25-38)43-31-49(35-51(32-43)69-50-19-20-55-54-13-8-9-16-56(54)68(59(55)36-50)60-33-46(21-22-65-60)62(5,6)7)66-37-67(58-18-11-10-17-57(58)66)61-52(44-27-40(3)24-41(4)28-44)14-12-15-53(61)45-29-47(63)34-48(64)30-45/h8-36H,37H2,1-7H3. The maximum absolute atomic E-state index is 15.1. The fraction of sp³-hybridized carbons (Fsp3) is 0.145. The van der Waals surface area contributed by atoms with E-state index in [4.69, 9.17) is 9.72 Å². The molecule has 69 heavy (non-hydrogen) atoms. The first-order chi connectivity index (χ1) is 33.2. The molecule has 5 nitrogen and oxygen atoms in total. The summed E-state index contributed by atoms with van der Waals surface area (Å²) in [5, 5.41) is 2.25. The van der Waals surface area contributed by atoms with Gasteiger partial charge in [-0.05, 0) is 128 Å². The van der Waals surface area contributed by atoms with Crippen molar-refractivity contribution in [2.45, 2.75) is 53.9 Å². The van der Waals surface area contributed by atoms with Gasteiger partial charge in [-0.25, -0.2) is 13.8 Å². The summed E-state index contributed by atoms with van der Waals surface area (Å²) in [6.45, 7) is 15.5. The minimum Gasteiger partial charge on any atom is -0.457 e. The fourth-order valence-electron chi connectivity index (χ4n) is 10.3. The molecule has 0 saturated heterocycles. The Morgan fingerprint density at radius 3 is 1.77 bits per heavy atom. The van der Waals surface area contributed by atoms with Gasteiger partial charge in [0.1, 0.15) is 35.6 Å². The zero-order chi connectivity index (χ0) is 47.7. The molecule has 1 aliphatic heterocycles. The Morgan fingerprint density at radius 1 is 0.493 bits per heavy atom. The van der Waals surface area contributed by atoms with Crippen LogP contribution in [0.4, 0.5) is 31.5 Å². The number of nitrogens with zero attached hydrogens (tertiary/aromatic N) is 4. The van der Waals surface area contributed by atoms with Gasteiger partial charge < -0.3 is 14.5 Å². The Kier molecular flexibility index (Phi) is 10.7. The fourth-order valence-corrected chi connectivity index (χ4v) is 10.3. The maximum atomic E-state index is 15.1. The summed E-state index contributed by atoms with van der Waals surface area (Å²) in [7, 11) is 0. The minimum absolute atomic E-state index is 0.0529. The van der Waals surface area contributed by atoms with E-state index in [2.05, 4.69) is 196 Å². The molecule has 0 amide bonds. The van der Waals surface area contributed by atoms with Gasteiger partial charge in [-0.2, -0.15) is 0 Å². The lowest BCUT2D eigenvalue weighted by Crippen LogP contribution is -2.25. The lowest BCUT2D eigenvalue weighted by molar-refractivity contribution is 0.483. The Balaban J connectivity index is 1.07. The molecule has 0 radical (unpaired) electrons. The highest BCUT2D eigenvalue weighted by Crippen LogP contribution is 2.51. The van der Waals surface area contributed by atoms with Gasteiger partial charge in [-0.1, -0.05) is 128 Å². The number of aryl methyl sites for hydroxylation is 4. The quantitative estimate of drug-likeness (QED) is 0.152. The van der Waals surface area contributed by atoms with Gasteiger partial charge in [0.15, 0.2) is 0 Å². The number of pyridine rings is 1. The van der Waals surface area contributed by atoms with E-state index in [-0.39, 0.29) is 5.41 Å². The number of hydrogen-bond donors (Lipinski definition) is 0. The number of hydrogen-bond acceptors (Lipinski definition) is 4. The molecule has 0 fully saturated rings. The molecule has 10 aromatic rings. The van der Waals surface area contributed by atoms with Crippen molar-refractivity contribution < 1.29 is 13.5 Å². The topological polar surface area (TPSA) is 33.5 Å². The first kappa shape index (κ1) is 43.5. The molecule has 0 spiro atoms. The first-order valence-corrected chi connectivity index (χ1v) is 23.5. The van der Waals surface area contributed by atoms with E-state index >= 15 is 8.78 Å². The van der Waals surface area contributed by atoms with Crippen LogP contribution in [0.5, 0.6) is 11.5 Å². The van der Waals surface area contributed by atoms with Gasteiger partial charge in [0, 0.05) is 52.0 Å². The Labute approximate surface area is 402 Å². The lowest BCUT2D eigenvalue weighted by atomic mass is 9.88. The van der Waals surface area contributed by atoms with Crippen LogP contribution in [-0.2, 0) is 5.41 Å². The summed E-state index contributed by atoms with van der Waals surface area (Å²) in [4.78, 5) is 9.49. The molecule has 7 heteroatoms. The molecule has 3 heterocycles. The SMILES string of the molecule is Cc1cc(C)cc(-c2cc(Oc3ccc4c5ccccc5n(-c5cc(C(C)(C)C)ccn5)c4c3)cc(N3CN(c4c(-c5cc(C)cc(C)c5)cccc4-c4cc(F)cc(F)c4)c4ccccc43)c2)c1. The Morgan fingerprint density at radius 2 is 1.09 bits per heavy atom. The van der Waals surface area contributed by atoms with Crippen molar-refractivity contribution in [3.8, 4) is 50.7 Å². The van der Waals surface area contributed by atoms with E-state index in [9.17, 15) is 0 Å². The predicted molar refractivity (Wildman–Crippen MR) is 281 cm³/mol. The normalized spacial score (nSPS) is 12.6. The molecule has 0 saturated carbocycles. The van der Waals surface area contributed by atoms with Gasteiger partial charge >= 0.3 is 0 Å². The number of fused-ring (bicyclic) bond motifs is 4. The van der Waals surface area contributed by atoms with Gasteiger partial charge in [0.25, 0.3) is 0 Å². The number of benzene rings is 8. The third-order valence-electron chi connectivity index (χ3n) is 13.2. The van der Waals surface area contributed by atoms with E-state index in [0.29, 0.717) is 23.7 Å². The van der Waals surface area contributed by atoms with Crippen LogP contribution in [-0.4, -0.2) is 16.2 Å². The van der Waals surface area contributed by atoms with Crippen LogP contribution in [0, 0.1) is 39.3 Å². The second-order valence-corrected chi connectivity index (χ2v) is 19.6. The van der Waals surface area contributed by atoms with E-state index < -0.39 is 11.6 Å². The second kappa shape index (κ2) is 16.9. The third-order valence-corrected chi connectivity index (χ3v) is 13.2. The number of halogens is 2. The van der Waals surface area contributed by atoms with Crippen LogP contribution in [0.2, 0.25) is 0 Å². The smallest absolute Gasteiger partial charge is 0.137 e. The molecular formula is C62H52F2N4O. The molecule has 8 aromatic carbocycles. The molecule has 2 aromatic heterocycles. The molecule has 0 atom stereocenters. The van der Waals surface area contributed by atoms with Crippen LogP contribution < -0.4 is 14.5 Å². The average molecular weight is 907 g/mol. The highest BCUT2D eigenvalue weighted by Gasteiger charge is 2.32. The van der Waals surface area contributed by atoms with Crippen LogP contribution in [0.15, 0.2) is 176 Å². The molecule has 340 valence electrons. The first-order valence-electron chi connectivity index (χ1n) is 23.5. The molecular weight excluding hydrogens is 855 g/mol. The average Bonchev–Trinajstić information content (AvgIpc) is 3.86. The van der Waals surface area contributed by atoms with Gasteiger partial charge in [0.05, 0.1) is 28.1 Å². The summed E-state index contributed by atoms with van der Waals surface area (Å²) in [6.07, 6.45) is 1.90. The number of aromatic nitrogens is 2. The second-order valence-electron chi connectivity index (χ2n) is 19.6. The summed E-state index contributed by atoms with van der Waals surface area (Å²) in [5.74, 6) is 0.976. The zero-order valence-corrected chi connectivity index (χ0v) is 39.9.